The number of hydrogen-bond donors (Lipinski definition) is 1. The molecule has 0 aliphatic heterocycles. The van der Waals surface area contributed by atoms with Gasteiger partial charge in [-0.3, -0.25) is 4.90 Å². The van der Waals surface area contributed by atoms with Crippen molar-refractivity contribution in [3.8, 4) is 0 Å². The Hall–Kier alpha value is 0.1000. The van der Waals surface area contributed by atoms with Crippen LogP contribution in [-0.2, 0) is 0 Å². The molecule has 0 aliphatic rings. The van der Waals surface area contributed by atoms with Crippen molar-refractivity contribution in [1.82, 2.24) is 4.90 Å². The lowest BCUT2D eigenvalue weighted by atomic mass is 10.00. The molecule has 2 nitrogen and oxygen atoms in total. The Labute approximate surface area is 130 Å². The minimum atomic E-state index is 0.187. The van der Waals surface area contributed by atoms with E-state index in [-0.39, 0.29) is 6.04 Å². The van der Waals surface area contributed by atoms with Crippen LogP contribution < -0.4 is 5.73 Å². The summed E-state index contributed by atoms with van der Waals surface area (Å²) in [6.45, 7) is 12.3. The molecular weight excluding hydrogens is 320 g/mol. The van der Waals surface area contributed by atoms with E-state index in [1.54, 1.807) is 11.3 Å². The van der Waals surface area contributed by atoms with E-state index in [2.05, 4.69) is 66.9 Å². The van der Waals surface area contributed by atoms with Gasteiger partial charge in [0.05, 0.1) is 6.04 Å². The first-order chi connectivity index (χ1) is 8.86. The Balaban J connectivity index is 3.06. The van der Waals surface area contributed by atoms with E-state index in [4.69, 9.17) is 5.73 Å². The Bertz CT molecular complexity index is 376. The molecule has 0 spiro atoms. The number of halogens is 1. The molecule has 1 aromatic rings. The molecule has 0 bridgehead atoms. The van der Waals surface area contributed by atoms with Crippen LogP contribution in [-0.4, -0.2) is 23.5 Å². The summed E-state index contributed by atoms with van der Waals surface area (Å²) in [6.07, 6.45) is 1.00. The first-order valence-electron chi connectivity index (χ1n) is 7.12. The van der Waals surface area contributed by atoms with Crippen molar-refractivity contribution in [2.75, 3.05) is 6.54 Å². The molecule has 2 unspecified atom stereocenters. The monoisotopic (exact) mass is 346 g/mol. The SMILES string of the molecule is CCC(N)C(c1cc(Br)cs1)N(CC(C)C)C(C)C. The molecule has 4 heteroatoms. The molecule has 0 saturated carbocycles. The van der Waals surface area contributed by atoms with Crippen molar-refractivity contribution >= 4 is 27.3 Å². The number of rotatable bonds is 7. The zero-order chi connectivity index (χ0) is 14.6. The highest BCUT2D eigenvalue weighted by molar-refractivity contribution is 9.10. The molecule has 1 heterocycles. The number of thiophene rings is 1. The Kier molecular flexibility index (Phi) is 7.01. The van der Waals surface area contributed by atoms with Crippen molar-refractivity contribution in [2.45, 2.75) is 59.2 Å². The van der Waals surface area contributed by atoms with E-state index in [1.165, 1.54) is 4.88 Å². The highest BCUT2D eigenvalue weighted by atomic mass is 79.9. The van der Waals surface area contributed by atoms with Crippen LogP contribution in [0.1, 0.15) is 52.0 Å². The van der Waals surface area contributed by atoms with Crippen LogP contribution in [0.2, 0.25) is 0 Å². The van der Waals surface area contributed by atoms with Gasteiger partial charge in [-0.15, -0.1) is 11.3 Å². The van der Waals surface area contributed by atoms with Crippen LogP contribution in [0.15, 0.2) is 15.9 Å². The molecule has 2 atom stereocenters. The van der Waals surface area contributed by atoms with E-state index >= 15 is 0 Å². The predicted molar refractivity (Wildman–Crippen MR) is 89.7 cm³/mol. The van der Waals surface area contributed by atoms with Gasteiger partial charge in [0.25, 0.3) is 0 Å². The van der Waals surface area contributed by atoms with Gasteiger partial charge in [-0.25, -0.2) is 0 Å². The lowest BCUT2D eigenvalue weighted by molar-refractivity contribution is 0.116. The first-order valence-corrected chi connectivity index (χ1v) is 8.79. The van der Waals surface area contributed by atoms with Crippen LogP contribution in [0.4, 0.5) is 0 Å². The minimum absolute atomic E-state index is 0.187. The van der Waals surface area contributed by atoms with Gasteiger partial charge in [0.15, 0.2) is 0 Å². The van der Waals surface area contributed by atoms with Gasteiger partial charge in [0, 0.05) is 33.4 Å². The molecule has 2 N–H and O–H groups in total. The second kappa shape index (κ2) is 7.77. The summed E-state index contributed by atoms with van der Waals surface area (Å²) in [6, 6.07) is 3.24. The molecule has 0 aromatic carbocycles. The van der Waals surface area contributed by atoms with E-state index in [0.717, 1.165) is 17.4 Å². The van der Waals surface area contributed by atoms with E-state index in [9.17, 15) is 0 Å². The molecule has 0 saturated heterocycles. The van der Waals surface area contributed by atoms with E-state index in [1.807, 2.05) is 0 Å². The fraction of sp³-hybridized carbons (Fsp3) is 0.733. The average molecular weight is 347 g/mol. The fourth-order valence-electron chi connectivity index (χ4n) is 2.39. The third-order valence-electron chi connectivity index (χ3n) is 3.35. The summed E-state index contributed by atoms with van der Waals surface area (Å²) < 4.78 is 1.16. The summed E-state index contributed by atoms with van der Waals surface area (Å²) in [5, 5.41) is 2.15. The van der Waals surface area contributed by atoms with Crippen molar-refractivity contribution in [2.24, 2.45) is 11.7 Å². The van der Waals surface area contributed by atoms with Gasteiger partial charge in [-0.05, 0) is 48.2 Å². The van der Waals surface area contributed by atoms with Crippen LogP contribution in [0, 0.1) is 5.92 Å². The second-order valence-corrected chi connectivity index (χ2v) is 7.73. The Morgan fingerprint density at radius 2 is 1.95 bits per heavy atom. The van der Waals surface area contributed by atoms with Gasteiger partial charge < -0.3 is 5.73 Å². The van der Waals surface area contributed by atoms with Crippen molar-refractivity contribution in [1.29, 1.82) is 0 Å². The van der Waals surface area contributed by atoms with Crippen LogP contribution in [0.3, 0.4) is 0 Å². The van der Waals surface area contributed by atoms with Crippen LogP contribution >= 0.6 is 27.3 Å². The van der Waals surface area contributed by atoms with Crippen LogP contribution in [0.5, 0.6) is 0 Å². The molecule has 1 rings (SSSR count). The lowest BCUT2D eigenvalue weighted by Crippen LogP contribution is -2.45. The normalized spacial score (nSPS) is 15.5. The van der Waals surface area contributed by atoms with Crippen molar-refractivity contribution in [3.05, 3.63) is 20.8 Å². The predicted octanol–water partition coefficient (Wildman–Crippen LogP) is 4.66. The first kappa shape index (κ1) is 17.2. The molecule has 110 valence electrons. The summed E-state index contributed by atoms with van der Waals surface area (Å²) in [7, 11) is 0. The third kappa shape index (κ3) is 4.85. The van der Waals surface area contributed by atoms with Gasteiger partial charge >= 0.3 is 0 Å². The molecule has 0 radical (unpaired) electrons. The fourth-order valence-corrected chi connectivity index (χ4v) is 4.03. The largest absolute Gasteiger partial charge is 0.326 e. The van der Waals surface area contributed by atoms with E-state index < -0.39 is 0 Å². The highest BCUT2D eigenvalue weighted by Gasteiger charge is 2.29. The summed E-state index contributed by atoms with van der Waals surface area (Å²) in [5.74, 6) is 0.650. The number of hydrogen-bond acceptors (Lipinski definition) is 3. The quantitative estimate of drug-likeness (QED) is 0.778. The molecule has 1 aromatic heterocycles. The Morgan fingerprint density at radius 1 is 1.32 bits per heavy atom. The smallest absolute Gasteiger partial charge is 0.0596 e. The van der Waals surface area contributed by atoms with Gasteiger partial charge in [-0.2, -0.15) is 0 Å². The van der Waals surface area contributed by atoms with Crippen LogP contribution in [0.25, 0.3) is 0 Å². The van der Waals surface area contributed by atoms with E-state index in [0.29, 0.717) is 18.0 Å². The maximum atomic E-state index is 6.42. The summed E-state index contributed by atoms with van der Waals surface area (Å²) in [4.78, 5) is 3.92. The van der Waals surface area contributed by atoms with Crippen molar-refractivity contribution < 1.29 is 0 Å². The second-order valence-electron chi connectivity index (χ2n) is 5.87. The summed E-state index contributed by atoms with van der Waals surface area (Å²) >= 11 is 5.37. The molecule has 0 amide bonds. The molecular formula is C15H27BrN2S. The van der Waals surface area contributed by atoms with Gasteiger partial charge in [0.2, 0.25) is 0 Å². The molecule has 0 aliphatic carbocycles. The standard InChI is InChI=1S/C15H27BrN2S/c1-6-13(17)15(14-7-12(16)9-19-14)18(11(4)5)8-10(2)3/h7,9-11,13,15H,6,8,17H2,1-5H3. The lowest BCUT2D eigenvalue weighted by Gasteiger charge is -2.38. The zero-order valence-electron chi connectivity index (χ0n) is 12.7. The maximum Gasteiger partial charge on any atom is 0.0596 e. The maximum absolute atomic E-state index is 6.42. The topological polar surface area (TPSA) is 29.3 Å². The zero-order valence-corrected chi connectivity index (χ0v) is 15.1. The van der Waals surface area contributed by atoms with Gasteiger partial charge in [-0.1, -0.05) is 20.8 Å². The highest BCUT2D eigenvalue weighted by Crippen LogP contribution is 2.33. The van der Waals surface area contributed by atoms with Crippen molar-refractivity contribution in [3.63, 3.8) is 0 Å². The minimum Gasteiger partial charge on any atom is -0.326 e. The number of nitrogens with two attached hydrogens (primary N) is 1. The Morgan fingerprint density at radius 3 is 2.32 bits per heavy atom. The average Bonchev–Trinajstić information content (AvgIpc) is 2.73. The molecule has 0 fully saturated rings. The third-order valence-corrected chi connectivity index (χ3v) is 5.12. The summed E-state index contributed by atoms with van der Waals surface area (Å²) in [5.41, 5.74) is 6.42. The number of nitrogens with zero attached hydrogens (tertiary/aromatic N) is 1. The molecule has 19 heavy (non-hydrogen) atoms. The van der Waals surface area contributed by atoms with Gasteiger partial charge in [0.1, 0.15) is 0 Å².